The molecule has 4 rings (SSSR count). The minimum Gasteiger partial charge on any atom is -0.351 e. The Kier molecular flexibility index (Phi) is 3.08. The van der Waals surface area contributed by atoms with Crippen LogP contribution in [-0.2, 0) is 13.5 Å². The zero-order valence-corrected chi connectivity index (χ0v) is 13.2. The Labute approximate surface area is 134 Å². The van der Waals surface area contributed by atoms with Crippen molar-refractivity contribution < 1.29 is 4.79 Å². The maximum absolute atomic E-state index is 12.6. The zero-order chi connectivity index (χ0) is 16.0. The van der Waals surface area contributed by atoms with Gasteiger partial charge >= 0.3 is 6.03 Å². The molecule has 0 fully saturated rings. The van der Waals surface area contributed by atoms with Crippen molar-refractivity contribution in [1.82, 2.24) is 9.55 Å². The number of amides is 2. The van der Waals surface area contributed by atoms with Crippen LogP contribution in [0, 0.1) is 6.92 Å². The molecule has 23 heavy (non-hydrogen) atoms. The van der Waals surface area contributed by atoms with Crippen LogP contribution in [0.5, 0.6) is 0 Å². The summed E-state index contributed by atoms with van der Waals surface area (Å²) in [6.07, 6.45) is 4.64. The van der Waals surface area contributed by atoms with Crippen molar-refractivity contribution in [3.8, 4) is 0 Å². The molecular weight excluding hydrogens is 288 g/mol. The van der Waals surface area contributed by atoms with Gasteiger partial charge in [0.2, 0.25) is 0 Å². The zero-order valence-electron chi connectivity index (χ0n) is 13.2. The maximum atomic E-state index is 12.6. The molecule has 0 aliphatic carbocycles. The van der Waals surface area contributed by atoms with E-state index in [-0.39, 0.29) is 6.03 Å². The highest BCUT2D eigenvalue weighted by Gasteiger charge is 2.25. The molecule has 0 saturated heterocycles. The van der Waals surface area contributed by atoms with Gasteiger partial charge in [-0.15, -0.1) is 0 Å². The largest absolute Gasteiger partial charge is 0.351 e. The fraction of sp³-hybridized carbons (Fsp3) is 0.222. The van der Waals surface area contributed by atoms with Crippen LogP contribution in [0.15, 0.2) is 42.7 Å². The highest BCUT2D eigenvalue weighted by atomic mass is 16.2. The van der Waals surface area contributed by atoms with Gasteiger partial charge in [0.1, 0.15) is 0 Å². The van der Waals surface area contributed by atoms with Crippen molar-refractivity contribution in [2.24, 2.45) is 7.05 Å². The average Bonchev–Trinajstić information content (AvgIpc) is 3.09. The molecular formula is C18H18N4O. The first-order chi connectivity index (χ1) is 11.1. The van der Waals surface area contributed by atoms with Gasteiger partial charge in [-0.1, -0.05) is 0 Å². The van der Waals surface area contributed by atoms with Crippen molar-refractivity contribution >= 4 is 28.3 Å². The Bertz CT molecular complexity index is 913. The highest BCUT2D eigenvalue weighted by Crippen LogP contribution is 2.33. The van der Waals surface area contributed by atoms with E-state index in [1.54, 1.807) is 6.20 Å². The second kappa shape index (κ2) is 5.12. The van der Waals surface area contributed by atoms with Gasteiger partial charge in [-0.2, -0.15) is 0 Å². The van der Waals surface area contributed by atoms with Crippen LogP contribution in [0.2, 0.25) is 0 Å². The number of pyridine rings is 1. The van der Waals surface area contributed by atoms with E-state index in [0.29, 0.717) is 6.54 Å². The molecule has 116 valence electrons. The maximum Gasteiger partial charge on any atom is 0.326 e. The number of urea groups is 1. The average molecular weight is 306 g/mol. The molecule has 1 aromatic carbocycles. The number of aromatic nitrogens is 2. The number of anilines is 2. The third-order valence-corrected chi connectivity index (χ3v) is 4.37. The van der Waals surface area contributed by atoms with Gasteiger partial charge in [0.15, 0.2) is 0 Å². The Balaban J connectivity index is 1.65. The van der Waals surface area contributed by atoms with Crippen LogP contribution in [0.25, 0.3) is 10.9 Å². The standard InChI is InChI=1S/C18H18N4O/c1-12-9-15(3-6-19-12)20-18(23)22-8-5-14-10-16-13(11-17(14)22)4-7-21(16)2/h3-4,6-7,9-11H,5,8H2,1-2H3,(H,19,20,23). The molecule has 3 aromatic rings. The van der Waals surface area contributed by atoms with Gasteiger partial charge in [0, 0.05) is 54.0 Å². The van der Waals surface area contributed by atoms with Crippen LogP contribution in [0.1, 0.15) is 11.3 Å². The molecule has 1 N–H and O–H groups in total. The molecule has 0 saturated carbocycles. The second-order valence-corrected chi connectivity index (χ2v) is 5.98. The van der Waals surface area contributed by atoms with Crippen LogP contribution in [0.3, 0.4) is 0 Å². The van der Waals surface area contributed by atoms with Gasteiger partial charge in [-0.25, -0.2) is 4.79 Å². The highest BCUT2D eigenvalue weighted by molar-refractivity contribution is 6.04. The van der Waals surface area contributed by atoms with Crippen LogP contribution < -0.4 is 10.2 Å². The Hall–Kier alpha value is -2.82. The fourth-order valence-corrected chi connectivity index (χ4v) is 3.18. The van der Waals surface area contributed by atoms with E-state index in [2.05, 4.69) is 33.1 Å². The van der Waals surface area contributed by atoms with Gasteiger partial charge in [-0.3, -0.25) is 9.88 Å². The van der Waals surface area contributed by atoms with E-state index in [0.717, 1.165) is 28.9 Å². The summed E-state index contributed by atoms with van der Waals surface area (Å²) >= 11 is 0. The fourth-order valence-electron chi connectivity index (χ4n) is 3.18. The molecule has 1 aliphatic heterocycles. The number of hydrogen-bond donors (Lipinski definition) is 1. The second-order valence-electron chi connectivity index (χ2n) is 5.98. The molecule has 0 spiro atoms. The molecule has 0 unspecified atom stereocenters. The van der Waals surface area contributed by atoms with E-state index in [9.17, 15) is 4.79 Å². The Morgan fingerprint density at radius 2 is 2.13 bits per heavy atom. The number of carbonyl (C=O) groups is 1. The lowest BCUT2D eigenvalue weighted by atomic mass is 10.1. The topological polar surface area (TPSA) is 50.2 Å². The van der Waals surface area contributed by atoms with E-state index in [4.69, 9.17) is 0 Å². The summed E-state index contributed by atoms with van der Waals surface area (Å²) in [6, 6.07) is 9.96. The van der Waals surface area contributed by atoms with E-state index in [1.165, 1.54) is 11.1 Å². The Morgan fingerprint density at radius 1 is 1.26 bits per heavy atom. The lowest BCUT2D eigenvalue weighted by Gasteiger charge is -2.18. The van der Waals surface area contributed by atoms with Gasteiger partial charge in [0.05, 0.1) is 0 Å². The first-order valence-electron chi connectivity index (χ1n) is 7.71. The number of carbonyl (C=O) groups excluding carboxylic acids is 1. The molecule has 0 bridgehead atoms. The number of hydrogen-bond acceptors (Lipinski definition) is 2. The smallest absolute Gasteiger partial charge is 0.326 e. The first kappa shape index (κ1) is 13.8. The van der Waals surface area contributed by atoms with Gasteiger partial charge < -0.3 is 9.88 Å². The molecule has 2 amide bonds. The minimum atomic E-state index is -0.0929. The van der Waals surface area contributed by atoms with Crippen molar-refractivity contribution in [1.29, 1.82) is 0 Å². The summed E-state index contributed by atoms with van der Waals surface area (Å²) in [4.78, 5) is 18.6. The summed E-state index contributed by atoms with van der Waals surface area (Å²) in [5.74, 6) is 0. The quantitative estimate of drug-likeness (QED) is 0.748. The Morgan fingerprint density at radius 3 is 2.96 bits per heavy atom. The molecule has 5 heteroatoms. The van der Waals surface area contributed by atoms with Crippen molar-refractivity contribution in [2.45, 2.75) is 13.3 Å². The normalized spacial score (nSPS) is 13.4. The number of fused-ring (bicyclic) bond motifs is 2. The lowest BCUT2D eigenvalue weighted by molar-refractivity contribution is 0.257. The van der Waals surface area contributed by atoms with Crippen LogP contribution >= 0.6 is 0 Å². The summed E-state index contributed by atoms with van der Waals surface area (Å²) in [6.45, 7) is 2.62. The number of aryl methyl sites for hydroxylation is 2. The summed E-state index contributed by atoms with van der Waals surface area (Å²) < 4.78 is 2.11. The van der Waals surface area contributed by atoms with Crippen molar-refractivity contribution in [3.63, 3.8) is 0 Å². The van der Waals surface area contributed by atoms with Crippen molar-refractivity contribution in [2.75, 3.05) is 16.8 Å². The van der Waals surface area contributed by atoms with Crippen LogP contribution in [0.4, 0.5) is 16.2 Å². The molecule has 3 heterocycles. The predicted octanol–water partition coefficient (Wildman–Crippen LogP) is 3.48. The molecule has 2 aromatic heterocycles. The molecule has 1 aliphatic rings. The number of benzene rings is 1. The monoisotopic (exact) mass is 306 g/mol. The van der Waals surface area contributed by atoms with E-state index in [1.807, 2.05) is 37.2 Å². The first-order valence-corrected chi connectivity index (χ1v) is 7.71. The summed E-state index contributed by atoms with van der Waals surface area (Å²) in [5, 5.41) is 4.12. The molecule has 5 nitrogen and oxygen atoms in total. The summed E-state index contributed by atoms with van der Waals surface area (Å²) in [7, 11) is 2.04. The third-order valence-electron chi connectivity index (χ3n) is 4.37. The molecule has 0 radical (unpaired) electrons. The number of nitrogens with one attached hydrogen (secondary N) is 1. The molecule has 0 atom stereocenters. The van der Waals surface area contributed by atoms with Crippen LogP contribution in [-0.4, -0.2) is 22.1 Å². The van der Waals surface area contributed by atoms with E-state index >= 15 is 0 Å². The van der Waals surface area contributed by atoms with Gasteiger partial charge in [-0.05, 0) is 49.2 Å². The SMILES string of the molecule is Cc1cc(NC(=O)N2CCc3cc4c(ccn4C)cc32)ccn1. The predicted molar refractivity (Wildman–Crippen MR) is 92.0 cm³/mol. The summed E-state index contributed by atoms with van der Waals surface area (Å²) in [5.41, 5.74) is 5.09. The number of rotatable bonds is 1. The van der Waals surface area contributed by atoms with E-state index < -0.39 is 0 Å². The minimum absolute atomic E-state index is 0.0929. The number of nitrogens with zero attached hydrogens (tertiary/aromatic N) is 3. The van der Waals surface area contributed by atoms with Crippen molar-refractivity contribution in [3.05, 3.63) is 54.0 Å². The van der Waals surface area contributed by atoms with Gasteiger partial charge in [0.25, 0.3) is 0 Å². The third kappa shape index (κ3) is 2.34. The lowest BCUT2D eigenvalue weighted by Crippen LogP contribution is -2.33.